The van der Waals surface area contributed by atoms with Gasteiger partial charge in [0.05, 0.1) is 25.5 Å². The van der Waals surface area contributed by atoms with Crippen LogP contribution in [0.4, 0.5) is 0 Å². The van der Waals surface area contributed by atoms with E-state index in [0.29, 0.717) is 48.0 Å². The van der Waals surface area contributed by atoms with E-state index >= 15 is 0 Å². The number of amides is 2. The largest absolute Gasteiger partial charge is 0.496 e. The molecule has 1 fully saturated rings. The van der Waals surface area contributed by atoms with Crippen LogP contribution in [-0.4, -0.2) is 47.9 Å². The summed E-state index contributed by atoms with van der Waals surface area (Å²) in [6.07, 6.45) is 5.07. The molecule has 1 aliphatic rings. The van der Waals surface area contributed by atoms with Crippen molar-refractivity contribution in [2.45, 2.75) is 84.8 Å². The Bertz CT molecular complexity index is 1000. The second-order valence-corrected chi connectivity index (χ2v) is 10.2. The monoisotopic (exact) mass is 498 g/mol. The van der Waals surface area contributed by atoms with Gasteiger partial charge in [-0.15, -0.1) is 0 Å². The molecule has 0 bridgehead atoms. The summed E-state index contributed by atoms with van der Waals surface area (Å²) in [6.45, 7) is 9.19. The van der Waals surface area contributed by atoms with Crippen molar-refractivity contribution < 1.29 is 19.1 Å². The van der Waals surface area contributed by atoms with Gasteiger partial charge in [0.2, 0.25) is 5.91 Å². The Morgan fingerprint density at radius 3 is 2.28 bits per heavy atom. The van der Waals surface area contributed by atoms with Crippen LogP contribution >= 0.6 is 0 Å². The first-order valence-electron chi connectivity index (χ1n) is 13.2. The number of aromatic nitrogens is 2. The molecular formula is C28H42N4O4. The quantitative estimate of drug-likeness (QED) is 0.390. The molecule has 0 saturated heterocycles. The van der Waals surface area contributed by atoms with Crippen LogP contribution in [0.15, 0.2) is 24.3 Å². The van der Waals surface area contributed by atoms with Gasteiger partial charge in [0.25, 0.3) is 5.91 Å². The molecule has 2 amide bonds. The lowest BCUT2D eigenvalue weighted by Crippen LogP contribution is -2.40. The van der Waals surface area contributed by atoms with Crippen LogP contribution in [0.25, 0.3) is 11.3 Å². The Labute approximate surface area is 215 Å². The fourth-order valence-electron chi connectivity index (χ4n) is 4.52. The summed E-state index contributed by atoms with van der Waals surface area (Å²) >= 11 is 0. The maximum atomic E-state index is 13.4. The van der Waals surface area contributed by atoms with Crippen LogP contribution < -0.4 is 20.1 Å². The van der Waals surface area contributed by atoms with Gasteiger partial charge in [-0.1, -0.05) is 46.6 Å². The number of methoxy groups -OCH3 is 2. The van der Waals surface area contributed by atoms with Crippen molar-refractivity contribution in [2.24, 2.45) is 11.8 Å². The second kappa shape index (κ2) is 12.8. The summed E-state index contributed by atoms with van der Waals surface area (Å²) in [5.41, 5.74) is 1.86. The van der Waals surface area contributed by atoms with Gasteiger partial charge in [-0.05, 0) is 49.3 Å². The van der Waals surface area contributed by atoms with Gasteiger partial charge in [-0.25, -0.2) is 0 Å². The van der Waals surface area contributed by atoms with E-state index in [4.69, 9.17) is 14.6 Å². The molecule has 1 atom stereocenters. The van der Waals surface area contributed by atoms with Crippen LogP contribution in [0.2, 0.25) is 0 Å². The number of ether oxygens (including phenoxy) is 2. The molecule has 1 aliphatic carbocycles. The maximum absolute atomic E-state index is 13.4. The summed E-state index contributed by atoms with van der Waals surface area (Å²) in [5.74, 6) is 1.77. The smallest absolute Gasteiger partial charge is 0.272 e. The van der Waals surface area contributed by atoms with E-state index in [-0.39, 0.29) is 24.3 Å². The molecule has 1 aromatic carbocycles. The average Bonchev–Trinajstić information content (AvgIpc) is 3.56. The molecule has 1 aromatic heterocycles. The topological polar surface area (TPSA) is 94.5 Å². The molecule has 0 spiro atoms. The molecule has 1 heterocycles. The van der Waals surface area contributed by atoms with Gasteiger partial charge in [0.1, 0.15) is 11.5 Å². The molecule has 2 aromatic rings. The van der Waals surface area contributed by atoms with Gasteiger partial charge in [-0.2, -0.15) is 5.10 Å². The van der Waals surface area contributed by atoms with Gasteiger partial charge in [0, 0.05) is 25.0 Å². The van der Waals surface area contributed by atoms with Crippen LogP contribution in [0.1, 0.15) is 76.7 Å². The Hall–Kier alpha value is -3.03. The number of hydrogen-bond donors (Lipinski definition) is 2. The molecule has 1 saturated carbocycles. The molecule has 0 aliphatic heterocycles. The summed E-state index contributed by atoms with van der Waals surface area (Å²) in [5, 5.41) is 10.8. The zero-order valence-electron chi connectivity index (χ0n) is 22.6. The van der Waals surface area contributed by atoms with Crippen molar-refractivity contribution in [3.63, 3.8) is 0 Å². The number of nitrogens with zero attached hydrogens (tertiary/aromatic N) is 2. The predicted octanol–water partition coefficient (Wildman–Crippen LogP) is 4.82. The van der Waals surface area contributed by atoms with Crippen LogP contribution in [-0.2, 0) is 11.3 Å². The normalized spacial score (nSPS) is 14.1. The number of benzene rings is 1. The third-order valence-corrected chi connectivity index (χ3v) is 6.75. The minimum absolute atomic E-state index is 0.0119. The van der Waals surface area contributed by atoms with E-state index in [2.05, 4.69) is 38.3 Å². The summed E-state index contributed by atoms with van der Waals surface area (Å²) in [7, 11) is 3.24. The molecule has 3 rings (SSSR count). The molecule has 8 heteroatoms. The third kappa shape index (κ3) is 7.24. The van der Waals surface area contributed by atoms with Crippen molar-refractivity contribution in [1.82, 2.24) is 20.4 Å². The van der Waals surface area contributed by atoms with Gasteiger partial charge in [-0.3, -0.25) is 14.3 Å². The number of hydrogen-bond acceptors (Lipinski definition) is 5. The first-order chi connectivity index (χ1) is 17.3. The van der Waals surface area contributed by atoms with E-state index in [1.165, 1.54) is 0 Å². The van der Waals surface area contributed by atoms with Crippen LogP contribution in [0, 0.1) is 11.8 Å². The first-order valence-corrected chi connectivity index (χ1v) is 13.2. The number of carbonyl (C=O) groups is 2. The number of rotatable bonds is 14. The van der Waals surface area contributed by atoms with Crippen molar-refractivity contribution >= 4 is 11.8 Å². The lowest BCUT2D eigenvalue weighted by molar-refractivity contribution is -0.121. The zero-order chi connectivity index (χ0) is 26.2. The highest BCUT2D eigenvalue weighted by Gasteiger charge is 2.27. The molecule has 198 valence electrons. The summed E-state index contributed by atoms with van der Waals surface area (Å²) in [4.78, 5) is 25.9. The van der Waals surface area contributed by atoms with Gasteiger partial charge < -0.3 is 20.1 Å². The maximum Gasteiger partial charge on any atom is 0.272 e. The highest BCUT2D eigenvalue weighted by atomic mass is 16.5. The molecule has 2 N–H and O–H groups in total. The van der Waals surface area contributed by atoms with E-state index in [0.717, 1.165) is 36.9 Å². The van der Waals surface area contributed by atoms with Gasteiger partial charge >= 0.3 is 0 Å². The Balaban J connectivity index is 1.92. The van der Waals surface area contributed by atoms with Crippen molar-refractivity contribution in [3.8, 4) is 22.8 Å². The second-order valence-electron chi connectivity index (χ2n) is 10.2. The van der Waals surface area contributed by atoms with Crippen molar-refractivity contribution in [2.75, 3.05) is 14.2 Å². The SMILES string of the molecule is CCC(CC)Cn1nc(C(=O)N[C@H](CC(=O)NC2CC2)CC(C)C)cc1-c1c(OC)cccc1OC. The van der Waals surface area contributed by atoms with Crippen molar-refractivity contribution in [1.29, 1.82) is 0 Å². The number of carbonyl (C=O) groups excluding carboxylic acids is 2. The fraction of sp³-hybridized carbons (Fsp3) is 0.607. The Morgan fingerprint density at radius 2 is 1.75 bits per heavy atom. The minimum atomic E-state index is -0.279. The van der Waals surface area contributed by atoms with E-state index in [1.807, 2.05) is 22.9 Å². The standard InChI is InChI=1S/C28H42N4O4/c1-7-19(8-2)17-32-23(27-24(35-5)10-9-11-25(27)36-6)16-22(31-32)28(34)30-21(14-18(3)4)15-26(33)29-20-12-13-20/h9-11,16,18-21H,7-8,12-15,17H2,1-6H3,(H,29,33)(H,30,34)/t21-/m0/s1. The molecule has 8 nitrogen and oxygen atoms in total. The van der Waals surface area contributed by atoms with E-state index < -0.39 is 0 Å². The van der Waals surface area contributed by atoms with E-state index in [1.54, 1.807) is 20.3 Å². The first kappa shape index (κ1) is 27.6. The highest BCUT2D eigenvalue weighted by molar-refractivity contribution is 5.94. The van der Waals surface area contributed by atoms with Crippen LogP contribution in [0.3, 0.4) is 0 Å². The number of nitrogens with one attached hydrogen (secondary N) is 2. The predicted molar refractivity (Wildman–Crippen MR) is 141 cm³/mol. The average molecular weight is 499 g/mol. The lowest BCUT2D eigenvalue weighted by Gasteiger charge is -2.20. The Morgan fingerprint density at radius 1 is 1.11 bits per heavy atom. The van der Waals surface area contributed by atoms with Crippen LogP contribution in [0.5, 0.6) is 11.5 Å². The van der Waals surface area contributed by atoms with Gasteiger partial charge in [0.15, 0.2) is 5.69 Å². The fourth-order valence-corrected chi connectivity index (χ4v) is 4.52. The third-order valence-electron chi connectivity index (χ3n) is 6.75. The minimum Gasteiger partial charge on any atom is -0.496 e. The zero-order valence-corrected chi connectivity index (χ0v) is 22.6. The molecule has 0 unspecified atom stereocenters. The summed E-state index contributed by atoms with van der Waals surface area (Å²) < 4.78 is 13.2. The lowest BCUT2D eigenvalue weighted by atomic mass is 10.0. The molecule has 0 radical (unpaired) electrons. The Kier molecular flexibility index (Phi) is 9.79. The highest BCUT2D eigenvalue weighted by Crippen LogP contribution is 2.39. The molecule has 36 heavy (non-hydrogen) atoms. The van der Waals surface area contributed by atoms with Crippen molar-refractivity contribution in [3.05, 3.63) is 30.0 Å². The summed E-state index contributed by atoms with van der Waals surface area (Å²) in [6, 6.07) is 7.47. The van der Waals surface area contributed by atoms with E-state index in [9.17, 15) is 9.59 Å². The molecular weight excluding hydrogens is 456 g/mol.